The largest absolute Gasteiger partial charge is 0.497 e. The number of hydrogen-bond acceptors (Lipinski definition) is 8. The van der Waals surface area contributed by atoms with Gasteiger partial charge < -0.3 is 24.8 Å². The average molecular weight is 605 g/mol. The van der Waals surface area contributed by atoms with Crippen molar-refractivity contribution in [3.63, 3.8) is 0 Å². The highest BCUT2D eigenvalue weighted by Crippen LogP contribution is 2.17. The number of ketones is 1. The molecule has 2 aromatic carbocycles. The van der Waals surface area contributed by atoms with Crippen molar-refractivity contribution in [1.82, 2.24) is 10.6 Å². The second-order valence-corrected chi connectivity index (χ2v) is 11.0. The predicted molar refractivity (Wildman–Crippen MR) is 164 cm³/mol. The Labute approximate surface area is 257 Å². The number of methoxy groups -OCH3 is 1. The molecule has 2 aromatic rings. The van der Waals surface area contributed by atoms with Crippen molar-refractivity contribution in [1.29, 1.82) is 0 Å². The normalized spacial score (nSPS) is 22.9. The van der Waals surface area contributed by atoms with Gasteiger partial charge in [0.1, 0.15) is 11.8 Å². The van der Waals surface area contributed by atoms with E-state index in [9.17, 15) is 24.0 Å². The summed E-state index contributed by atoms with van der Waals surface area (Å²) in [5.74, 6) is -3.34. The Kier molecular flexibility index (Phi) is 12.9. The molecule has 44 heavy (non-hydrogen) atoms. The zero-order valence-corrected chi connectivity index (χ0v) is 25.5. The molecule has 0 bridgehead atoms. The molecule has 0 aliphatic carbocycles. The van der Waals surface area contributed by atoms with Crippen LogP contribution in [0.3, 0.4) is 0 Å². The van der Waals surface area contributed by atoms with E-state index in [4.69, 9.17) is 14.2 Å². The van der Waals surface area contributed by atoms with Crippen LogP contribution in [-0.2, 0) is 39.9 Å². The van der Waals surface area contributed by atoms with Gasteiger partial charge in [0, 0.05) is 19.4 Å². The zero-order chi connectivity index (χ0) is 32.1. The van der Waals surface area contributed by atoms with Gasteiger partial charge in [0.15, 0.2) is 18.0 Å². The molecule has 1 heterocycles. The summed E-state index contributed by atoms with van der Waals surface area (Å²) in [6.45, 7) is 5.19. The van der Waals surface area contributed by atoms with Crippen molar-refractivity contribution in [3.05, 3.63) is 84.0 Å². The minimum absolute atomic E-state index is 0.0320. The number of benzene rings is 2. The molecule has 2 amide bonds. The van der Waals surface area contributed by atoms with Gasteiger partial charge >= 0.3 is 11.9 Å². The quantitative estimate of drug-likeness (QED) is 0.345. The standard InChI is InChI=1S/C34H40N2O8/c1-22(2)19-30-34(41)43-29(28(37)18-15-24-9-6-5-7-10-24)11-8-12-31(38)36-27(20-25-13-16-26(42-4)17-14-25)32(39)35-21-23(3)33(40)44-30/h5-10,12-18,22-23,27,29-30H,11,19-21H2,1-4H3,(H,35,39)(H,36,38)/b12-8+,18-15+/t23-,27?,29?,30+/m1/s1. The first-order valence-corrected chi connectivity index (χ1v) is 14.6. The summed E-state index contributed by atoms with van der Waals surface area (Å²) in [6, 6.07) is 15.2. The number of carbonyl (C=O) groups is 5. The summed E-state index contributed by atoms with van der Waals surface area (Å²) in [6.07, 6.45) is 3.21. The van der Waals surface area contributed by atoms with Crippen molar-refractivity contribution >= 4 is 35.6 Å². The Hall–Kier alpha value is -4.73. The third-order valence-electron chi connectivity index (χ3n) is 6.86. The van der Waals surface area contributed by atoms with Crippen molar-refractivity contribution in [3.8, 4) is 5.75 Å². The number of amides is 2. The van der Waals surface area contributed by atoms with Gasteiger partial charge in [-0.05, 0) is 47.8 Å². The molecule has 4 atom stereocenters. The summed E-state index contributed by atoms with van der Waals surface area (Å²) in [7, 11) is 1.55. The van der Waals surface area contributed by atoms with Crippen LogP contribution in [0.2, 0.25) is 0 Å². The monoisotopic (exact) mass is 604 g/mol. The van der Waals surface area contributed by atoms with Crippen molar-refractivity contribution < 1.29 is 38.2 Å². The Bertz CT molecular complexity index is 1350. The number of nitrogens with one attached hydrogen (secondary N) is 2. The van der Waals surface area contributed by atoms with Crippen LogP contribution < -0.4 is 15.4 Å². The molecule has 0 saturated carbocycles. The molecular formula is C34H40N2O8. The van der Waals surface area contributed by atoms with Gasteiger partial charge in [0.05, 0.1) is 13.0 Å². The first-order valence-electron chi connectivity index (χ1n) is 14.6. The average Bonchev–Trinajstić information content (AvgIpc) is 3.01. The molecule has 0 aromatic heterocycles. The second kappa shape index (κ2) is 16.8. The number of cyclic esters (lactones) is 2. The predicted octanol–water partition coefficient (Wildman–Crippen LogP) is 3.59. The molecule has 3 rings (SSSR count). The number of esters is 2. The summed E-state index contributed by atoms with van der Waals surface area (Å²) in [5.41, 5.74) is 1.55. The van der Waals surface area contributed by atoms with E-state index in [1.807, 2.05) is 44.2 Å². The van der Waals surface area contributed by atoms with Crippen molar-refractivity contribution in [2.75, 3.05) is 13.7 Å². The van der Waals surface area contributed by atoms with E-state index >= 15 is 0 Å². The van der Waals surface area contributed by atoms with E-state index in [0.29, 0.717) is 5.75 Å². The summed E-state index contributed by atoms with van der Waals surface area (Å²) in [4.78, 5) is 65.4. The maximum Gasteiger partial charge on any atom is 0.348 e. The van der Waals surface area contributed by atoms with Crippen LogP contribution >= 0.6 is 0 Å². The molecule has 0 saturated heterocycles. The first-order chi connectivity index (χ1) is 21.0. The molecule has 0 spiro atoms. The van der Waals surface area contributed by atoms with E-state index in [2.05, 4.69) is 10.6 Å². The minimum Gasteiger partial charge on any atom is -0.497 e. The molecular weight excluding hydrogens is 564 g/mol. The minimum atomic E-state index is -1.27. The van der Waals surface area contributed by atoms with Gasteiger partial charge in [-0.1, -0.05) is 75.4 Å². The molecule has 1 aliphatic rings. The van der Waals surface area contributed by atoms with Gasteiger partial charge in [-0.25, -0.2) is 4.79 Å². The van der Waals surface area contributed by atoms with Gasteiger partial charge in [-0.15, -0.1) is 0 Å². The van der Waals surface area contributed by atoms with Gasteiger partial charge in [0.25, 0.3) is 0 Å². The number of rotatable bonds is 8. The molecule has 0 fully saturated rings. The van der Waals surface area contributed by atoms with Crippen LogP contribution in [0.1, 0.15) is 44.7 Å². The molecule has 2 unspecified atom stereocenters. The van der Waals surface area contributed by atoms with Crippen LogP contribution in [0.5, 0.6) is 5.75 Å². The number of hydrogen-bond donors (Lipinski definition) is 2. The van der Waals surface area contributed by atoms with Crippen LogP contribution in [0.4, 0.5) is 0 Å². The molecule has 2 N–H and O–H groups in total. The fourth-order valence-corrected chi connectivity index (χ4v) is 4.35. The van der Waals surface area contributed by atoms with Crippen molar-refractivity contribution in [2.24, 2.45) is 11.8 Å². The fraction of sp³-hybridized carbons (Fsp3) is 0.382. The lowest BCUT2D eigenvalue weighted by Crippen LogP contribution is -2.49. The van der Waals surface area contributed by atoms with E-state index in [-0.39, 0.29) is 31.7 Å². The Morgan fingerprint density at radius 3 is 2.36 bits per heavy atom. The molecule has 10 nitrogen and oxygen atoms in total. The van der Waals surface area contributed by atoms with Gasteiger partial charge in [-0.3, -0.25) is 19.2 Å². The highest BCUT2D eigenvalue weighted by molar-refractivity contribution is 5.99. The molecule has 234 valence electrons. The van der Waals surface area contributed by atoms with Crippen LogP contribution in [0, 0.1) is 11.8 Å². The van der Waals surface area contributed by atoms with Crippen LogP contribution in [0.15, 0.2) is 72.8 Å². The maximum absolute atomic E-state index is 13.2. The summed E-state index contributed by atoms with van der Waals surface area (Å²) in [5, 5.41) is 5.39. The van der Waals surface area contributed by atoms with Crippen LogP contribution in [0.25, 0.3) is 6.08 Å². The molecule has 1 aliphatic heterocycles. The highest BCUT2D eigenvalue weighted by Gasteiger charge is 2.32. The third kappa shape index (κ3) is 10.8. The van der Waals surface area contributed by atoms with E-state index < -0.39 is 53.7 Å². The fourth-order valence-electron chi connectivity index (χ4n) is 4.35. The lowest BCUT2D eigenvalue weighted by Gasteiger charge is -2.24. The number of carbonyl (C=O) groups excluding carboxylic acids is 5. The Morgan fingerprint density at radius 2 is 1.70 bits per heavy atom. The highest BCUT2D eigenvalue weighted by atomic mass is 16.6. The summed E-state index contributed by atoms with van der Waals surface area (Å²) < 4.78 is 16.3. The molecule has 10 heteroatoms. The third-order valence-corrected chi connectivity index (χ3v) is 6.86. The Balaban J connectivity index is 1.88. The summed E-state index contributed by atoms with van der Waals surface area (Å²) >= 11 is 0. The zero-order valence-electron chi connectivity index (χ0n) is 25.5. The van der Waals surface area contributed by atoms with Gasteiger partial charge in [-0.2, -0.15) is 0 Å². The van der Waals surface area contributed by atoms with Crippen LogP contribution in [-0.4, -0.2) is 61.4 Å². The lowest BCUT2D eigenvalue weighted by atomic mass is 10.0. The molecule has 0 radical (unpaired) electrons. The number of ether oxygens (including phenoxy) is 3. The topological polar surface area (TPSA) is 137 Å². The maximum atomic E-state index is 13.2. The van der Waals surface area contributed by atoms with Crippen molar-refractivity contribution in [2.45, 2.75) is 58.3 Å². The lowest BCUT2D eigenvalue weighted by molar-refractivity contribution is -0.175. The van der Waals surface area contributed by atoms with Gasteiger partial charge in [0.2, 0.25) is 11.8 Å². The SMILES string of the molecule is COc1ccc(CC2NC(=O)/C=C/CC(C(=O)/C=C/c3ccccc3)OC(=O)[C@H](CC(C)C)OC(=O)[C@H](C)CNC2=O)cc1. The van der Waals surface area contributed by atoms with E-state index in [1.54, 1.807) is 44.4 Å². The second-order valence-electron chi connectivity index (χ2n) is 11.0. The van der Waals surface area contributed by atoms with E-state index in [1.165, 1.54) is 18.2 Å². The first kappa shape index (κ1) is 33.8. The van der Waals surface area contributed by atoms with E-state index in [0.717, 1.165) is 11.1 Å². The smallest absolute Gasteiger partial charge is 0.348 e. The Morgan fingerprint density at radius 1 is 1.00 bits per heavy atom.